The largest absolute Gasteiger partial charge is 0.349 e. The lowest BCUT2D eigenvalue weighted by Gasteiger charge is -2.23. The highest BCUT2D eigenvalue weighted by molar-refractivity contribution is 9.10. The third-order valence-corrected chi connectivity index (χ3v) is 3.54. The highest BCUT2D eigenvalue weighted by atomic mass is 79.9. The number of benzene rings is 1. The number of rotatable bonds is 2. The quantitative estimate of drug-likeness (QED) is 0.870. The van der Waals surface area contributed by atoms with Crippen molar-refractivity contribution in [1.29, 1.82) is 0 Å². The maximum Gasteiger partial charge on any atom is 0.252 e. The van der Waals surface area contributed by atoms with Crippen LogP contribution in [0.1, 0.15) is 23.2 Å². The minimum atomic E-state index is -0.399. The molecule has 1 fully saturated rings. The van der Waals surface area contributed by atoms with Crippen LogP contribution < -0.4 is 10.6 Å². The second-order valence-corrected chi connectivity index (χ2v) is 4.98. The second kappa shape index (κ2) is 7.07. The fourth-order valence-electron chi connectivity index (χ4n) is 1.90. The third-order valence-electron chi connectivity index (χ3n) is 2.85. The molecule has 2 rings (SSSR count). The van der Waals surface area contributed by atoms with Crippen LogP contribution in [-0.4, -0.2) is 25.0 Å². The number of amides is 1. The molecule has 100 valence electrons. The highest BCUT2D eigenvalue weighted by Crippen LogP contribution is 2.18. The molecule has 3 nitrogen and oxygen atoms in total. The van der Waals surface area contributed by atoms with Gasteiger partial charge in [-0.1, -0.05) is 0 Å². The molecule has 0 aromatic heterocycles. The molecule has 0 bridgehead atoms. The molecule has 1 aliphatic heterocycles. The summed E-state index contributed by atoms with van der Waals surface area (Å²) in [6.07, 6.45) is 1.83. The fraction of sp³-hybridized carbons (Fsp3) is 0.417. The van der Waals surface area contributed by atoms with Crippen molar-refractivity contribution >= 4 is 34.2 Å². The Kier molecular flexibility index (Phi) is 6.05. The van der Waals surface area contributed by atoms with E-state index in [0.717, 1.165) is 25.9 Å². The Labute approximate surface area is 120 Å². The van der Waals surface area contributed by atoms with Crippen LogP contribution in [-0.2, 0) is 0 Å². The van der Waals surface area contributed by atoms with Crippen molar-refractivity contribution in [3.05, 3.63) is 34.1 Å². The summed E-state index contributed by atoms with van der Waals surface area (Å²) in [4.78, 5) is 12.0. The molecule has 2 N–H and O–H groups in total. The summed E-state index contributed by atoms with van der Waals surface area (Å²) >= 11 is 3.26. The minimum Gasteiger partial charge on any atom is -0.349 e. The zero-order chi connectivity index (χ0) is 12.3. The van der Waals surface area contributed by atoms with Crippen molar-refractivity contribution in [1.82, 2.24) is 10.6 Å². The van der Waals surface area contributed by atoms with E-state index in [1.807, 2.05) is 0 Å². The number of halogens is 3. The monoisotopic (exact) mass is 336 g/mol. The number of hydrogen-bond acceptors (Lipinski definition) is 2. The number of hydrogen-bond donors (Lipinski definition) is 2. The van der Waals surface area contributed by atoms with Gasteiger partial charge in [0.05, 0.1) is 5.56 Å². The number of piperidine rings is 1. The fourth-order valence-corrected chi connectivity index (χ4v) is 2.33. The molecule has 1 heterocycles. The standard InChI is InChI=1S/C12H14BrFN2O.ClH/c13-11-2-1-8(14)7-10(11)12(17)16-9-3-5-15-6-4-9;/h1-2,7,9,15H,3-6H2,(H,16,17);1H. The SMILES string of the molecule is Cl.O=C(NC1CCNCC1)c1cc(F)ccc1Br. The first-order valence-corrected chi connectivity index (χ1v) is 6.43. The third kappa shape index (κ3) is 3.93. The van der Waals surface area contributed by atoms with Crippen molar-refractivity contribution in [3.8, 4) is 0 Å². The van der Waals surface area contributed by atoms with Gasteiger partial charge < -0.3 is 10.6 Å². The van der Waals surface area contributed by atoms with E-state index in [1.54, 1.807) is 6.07 Å². The van der Waals surface area contributed by atoms with E-state index in [0.29, 0.717) is 10.0 Å². The lowest BCUT2D eigenvalue weighted by molar-refractivity contribution is 0.0928. The molecule has 0 atom stereocenters. The molecule has 1 amide bonds. The van der Waals surface area contributed by atoms with Crippen LogP contribution in [0.25, 0.3) is 0 Å². The van der Waals surface area contributed by atoms with E-state index in [-0.39, 0.29) is 24.4 Å². The molecule has 0 saturated carbocycles. The van der Waals surface area contributed by atoms with Crippen molar-refractivity contribution in [2.75, 3.05) is 13.1 Å². The first-order valence-electron chi connectivity index (χ1n) is 5.63. The van der Waals surface area contributed by atoms with Crippen LogP contribution in [0, 0.1) is 5.82 Å². The smallest absolute Gasteiger partial charge is 0.252 e. The topological polar surface area (TPSA) is 41.1 Å². The molecule has 0 spiro atoms. The van der Waals surface area contributed by atoms with Crippen molar-refractivity contribution in [2.24, 2.45) is 0 Å². The zero-order valence-corrected chi connectivity index (χ0v) is 12.1. The van der Waals surface area contributed by atoms with Gasteiger partial charge in [-0.15, -0.1) is 12.4 Å². The van der Waals surface area contributed by atoms with E-state index in [4.69, 9.17) is 0 Å². The van der Waals surface area contributed by atoms with Gasteiger partial charge in [-0.3, -0.25) is 4.79 Å². The van der Waals surface area contributed by atoms with E-state index in [9.17, 15) is 9.18 Å². The summed E-state index contributed by atoms with van der Waals surface area (Å²) in [5.41, 5.74) is 0.350. The summed E-state index contributed by atoms with van der Waals surface area (Å²) in [6.45, 7) is 1.82. The van der Waals surface area contributed by atoms with Gasteiger partial charge in [0.15, 0.2) is 0 Å². The van der Waals surface area contributed by atoms with E-state index >= 15 is 0 Å². The predicted molar refractivity (Wildman–Crippen MR) is 74.7 cm³/mol. The molecule has 1 saturated heterocycles. The molecule has 0 aliphatic carbocycles. The lowest BCUT2D eigenvalue weighted by Crippen LogP contribution is -2.42. The maximum atomic E-state index is 13.1. The number of carbonyl (C=O) groups excluding carboxylic acids is 1. The van der Waals surface area contributed by atoms with Gasteiger partial charge in [0.2, 0.25) is 0 Å². The molecular weight excluding hydrogens is 322 g/mol. The summed E-state index contributed by atoms with van der Waals surface area (Å²) in [6, 6.07) is 4.30. The average molecular weight is 338 g/mol. The highest BCUT2D eigenvalue weighted by Gasteiger charge is 2.18. The molecule has 0 unspecified atom stereocenters. The Bertz CT molecular complexity index is 425. The van der Waals surface area contributed by atoms with Crippen LogP contribution in [0.2, 0.25) is 0 Å². The van der Waals surface area contributed by atoms with E-state index < -0.39 is 5.82 Å². The van der Waals surface area contributed by atoms with Gasteiger partial charge in [-0.25, -0.2) is 4.39 Å². The van der Waals surface area contributed by atoms with E-state index in [2.05, 4.69) is 26.6 Å². The van der Waals surface area contributed by atoms with Crippen molar-refractivity contribution in [3.63, 3.8) is 0 Å². The molecule has 1 aliphatic rings. The molecular formula is C12H15BrClFN2O. The molecule has 0 radical (unpaired) electrons. The van der Waals surface area contributed by atoms with Crippen molar-refractivity contribution < 1.29 is 9.18 Å². The Morgan fingerprint density at radius 3 is 2.72 bits per heavy atom. The number of nitrogens with one attached hydrogen (secondary N) is 2. The maximum absolute atomic E-state index is 13.1. The van der Waals surface area contributed by atoms with Gasteiger partial charge in [-0.05, 0) is 60.1 Å². The Morgan fingerprint density at radius 2 is 2.06 bits per heavy atom. The Balaban J connectivity index is 0.00000162. The van der Waals surface area contributed by atoms with Gasteiger partial charge in [-0.2, -0.15) is 0 Å². The van der Waals surface area contributed by atoms with Gasteiger partial charge in [0.1, 0.15) is 5.82 Å². The van der Waals surface area contributed by atoms with Crippen molar-refractivity contribution in [2.45, 2.75) is 18.9 Å². The van der Waals surface area contributed by atoms with Gasteiger partial charge in [0.25, 0.3) is 5.91 Å². The Morgan fingerprint density at radius 1 is 1.39 bits per heavy atom. The van der Waals surface area contributed by atoms with E-state index in [1.165, 1.54) is 12.1 Å². The summed E-state index contributed by atoms with van der Waals surface area (Å²) in [7, 11) is 0. The number of carbonyl (C=O) groups is 1. The summed E-state index contributed by atoms with van der Waals surface area (Å²) in [5.74, 6) is -0.619. The zero-order valence-electron chi connectivity index (χ0n) is 9.71. The first kappa shape index (κ1) is 15.4. The molecule has 1 aromatic rings. The van der Waals surface area contributed by atoms with Crippen LogP contribution in [0.4, 0.5) is 4.39 Å². The summed E-state index contributed by atoms with van der Waals surface area (Å²) < 4.78 is 13.7. The first-order chi connectivity index (χ1) is 8.16. The molecule has 1 aromatic carbocycles. The summed E-state index contributed by atoms with van der Waals surface area (Å²) in [5, 5.41) is 6.16. The predicted octanol–water partition coefficient (Wildman–Crippen LogP) is 2.49. The van der Waals surface area contributed by atoms with Gasteiger partial charge in [0, 0.05) is 10.5 Å². The van der Waals surface area contributed by atoms with Crippen LogP contribution in [0.3, 0.4) is 0 Å². The van der Waals surface area contributed by atoms with Crippen LogP contribution in [0.15, 0.2) is 22.7 Å². The second-order valence-electron chi connectivity index (χ2n) is 4.12. The van der Waals surface area contributed by atoms with Crippen LogP contribution in [0.5, 0.6) is 0 Å². The average Bonchev–Trinajstić information content (AvgIpc) is 2.33. The van der Waals surface area contributed by atoms with Gasteiger partial charge >= 0.3 is 0 Å². The molecule has 6 heteroatoms. The minimum absolute atomic E-state index is 0. The molecule has 18 heavy (non-hydrogen) atoms. The Hall–Kier alpha value is -0.650. The lowest BCUT2D eigenvalue weighted by atomic mass is 10.1. The normalized spacial score (nSPS) is 15.9. The van der Waals surface area contributed by atoms with Crippen LogP contribution >= 0.6 is 28.3 Å².